The van der Waals surface area contributed by atoms with Crippen molar-refractivity contribution in [2.24, 2.45) is 7.05 Å². The lowest BCUT2D eigenvalue weighted by Crippen LogP contribution is -2.40. The number of morpholine rings is 1. The predicted molar refractivity (Wildman–Crippen MR) is 156 cm³/mol. The summed E-state index contributed by atoms with van der Waals surface area (Å²) in [5.74, 6) is 0.462. The van der Waals surface area contributed by atoms with E-state index in [0.29, 0.717) is 62.9 Å². The van der Waals surface area contributed by atoms with Gasteiger partial charge in [-0.2, -0.15) is 0 Å². The van der Waals surface area contributed by atoms with Crippen molar-refractivity contribution in [2.75, 3.05) is 31.6 Å². The number of carbonyl (C=O) groups is 2. The molecule has 2 aliphatic heterocycles. The predicted octanol–water partition coefficient (Wildman–Crippen LogP) is 3.75. The van der Waals surface area contributed by atoms with Crippen LogP contribution in [0.5, 0.6) is 0 Å². The Morgan fingerprint density at radius 1 is 0.902 bits per heavy atom. The Morgan fingerprint density at radius 3 is 2.37 bits per heavy atom. The number of aromatic nitrogens is 2. The van der Waals surface area contributed by atoms with Crippen molar-refractivity contribution >= 4 is 23.3 Å². The van der Waals surface area contributed by atoms with Crippen molar-refractivity contribution in [1.82, 2.24) is 19.4 Å². The number of aryl methyl sites for hydroxylation is 1. The number of pyridine rings is 2. The zero-order valence-electron chi connectivity index (χ0n) is 22.9. The summed E-state index contributed by atoms with van der Waals surface area (Å²) < 4.78 is 6.84. The number of benzene rings is 2. The average Bonchev–Trinajstić information content (AvgIpc) is 3.45. The quantitative estimate of drug-likeness (QED) is 0.394. The first-order valence-corrected chi connectivity index (χ1v) is 13.7. The van der Waals surface area contributed by atoms with Gasteiger partial charge in [-0.3, -0.25) is 14.4 Å². The van der Waals surface area contributed by atoms with Gasteiger partial charge in [0.15, 0.2) is 0 Å². The number of nitrogens with zero attached hydrogens (tertiary/aromatic N) is 4. The summed E-state index contributed by atoms with van der Waals surface area (Å²) in [7, 11) is 1.70. The second kappa shape index (κ2) is 11.4. The molecule has 6 rings (SSSR count). The minimum Gasteiger partial charge on any atom is -0.378 e. The van der Waals surface area contributed by atoms with Crippen molar-refractivity contribution in [2.45, 2.75) is 19.5 Å². The molecule has 0 unspecified atom stereocenters. The Morgan fingerprint density at radius 2 is 1.66 bits per heavy atom. The van der Waals surface area contributed by atoms with Gasteiger partial charge in [-0.25, -0.2) is 4.98 Å². The van der Waals surface area contributed by atoms with Gasteiger partial charge in [0.1, 0.15) is 11.5 Å². The highest BCUT2D eigenvalue weighted by molar-refractivity contribution is 5.94. The van der Waals surface area contributed by atoms with Crippen LogP contribution < -0.4 is 10.9 Å². The number of fused-ring (bicyclic) bond motifs is 1. The molecule has 0 spiro atoms. The lowest BCUT2D eigenvalue weighted by Gasteiger charge is -2.26. The lowest BCUT2D eigenvalue weighted by atomic mass is 10.0. The molecular weight excluding hydrogens is 518 g/mol. The maximum atomic E-state index is 13.1. The molecule has 41 heavy (non-hydrogen) atoms. The van der Waals surface area contributed by atoms with Crippen LogP contribution in [0.4, 0.5) is 11.5 Å². The normalized spacial score (nSPS) is 14.6. The Hall–Kier alpha value is -4.76. The van der Waals surface area contributed by atoms with E-state index in [1.807, 2.05) is 41.3 Å². The number of amides is 2. The summed E-state index contributed by atoms with van der Waals surface area (Å²) in [6, 6.07) is 21.2. The van der Waals surface area contributed by atoms with Gasteiger partial charge in [0, 0.05) is 51.2 Å². The molecule has 9 nitrogen and oxygen atoms in total. The summed E-state index contributed by atoms with van der Waals surface area (Å²) in [6.07, 6.45) is 3.61. The van der Waals surface area contributed by atoms with Crippen molar-refractivity contribution in [3.8, 4) is 11.1 Å². The fourth-order valence-electron chi connectivity index (χ4n) is 5.30. The Kier molecular flexibility index (Phi) is 7.35. The van der Waals surface area contributed by atoms with E-state index in [1.165, 1.54) is 21.9 Å². The van der Waals surface area contributed by atoms with Gasteiger partial charge < -0.3 is 24.4 Å². The van der Waals surface area contributed by atoms with E-state index in [9.17, 15) is 14.4 Å². The largest absolute Gasteiger partial charge is 0.378 e. The van der Waals surface area contributed by atoms with E-state index < -0.39 is 0 Å². The Bertz CT molecular complexity index is 1630. The lowest BCUT2D eigenvalue weighted by molar-refractivity contribution is -0.131. The first-order valence-electron chi connectivity index (χ1n) is 13.7. The highest BCUT2D eigenvalue weighted by Crippen LogP contribution is 2.26. The minimum atomic E-state index is -0.205. The topological polar surface area (TPSA) is 96.8 Å². The van der Waals surface area contributed by atoms with E-state index >= 15 is 0 Å². The minimum absolute atomic E-state index is 0.0853. The molecule has 0 atom stereocenters. The number of rotatable bonds is 6. The first-order chi connectivity index (χ1) is 19.9. The molecule has 2 aliphatic rings. The van der Waals surface area contributed by atoms with Crippen LogP contribution in [0, 0.1) is 0 Å². The molecule has 1 N–H and O–H groups in total. The molecular formula is C32H31N5O4. The number of hydrogen-bond donors (Lipinski definition) is 1. The van der Waals surface area contributed by atoms with Crippen LogP contribution in [-0.4, -0.2) is 57.5 Å². The van der Waals surface area contributed by atoms with Crippen LogP contribution in [0.15, 0.2) is 83.9 Å². The molecule has 0 radical (unpaired) electrons. The van der Waals surface area contributed by atoms with Gasteiger partial charge in [0.05, 0.1) is 25.2 Å². The maximum absolute atomic E-state index is 13.1. The fourth-order valence-corrected chi connectivity index (χ4v) is 5.30. The molecule has 2 aromatic carbocycles. The molecule has 1 saturated heterocycles. The third-order valence-corrected chi connectivity index (χ3v) is 7.56. The summed E-state index contributed by atoms with van der Waals surface area (Å²) in [6.45, 7) is 3.46. The molecule has 0 aliphatic carbocycles. The van der Waals surface area contributed by atoms with E-state index in [-0.39, 0.29) is 17.4 Å². The molecule has 208 valence electrons. The van der Waals surface area contributed by atoms with E-state index in [2.05, 4.69) is 22.4 Å². The second-order valence-electron chi connectivity index (χ2n) is 10.4. The average molecular weight is 550 g/mol. The molecule has 4 aromatic rings. The first kappa shape index (κ1) is 26.5. The molecule has 0 saturated carbocycles. The summed E-state index contributed by atoms with van der Waals surface area (Å²) in [5.41, 5.74) is 5.69. The van der Waals surface area contributed by atoms with E-state index in [0.717, 1.165) is 16.7 Å². The third kappa shape index (κ3) is 5.76. The van der Waals surface area contributed by atoms with Crippen LogP contribution in [0.25, 0.3) is 11.1 Å². The van der Waals surface area contributed by atoms with Crippen LogP contribution >= 0.6 is 0 Å². The van der Waals surface area contributed by atoms with Crippen LogP contribution in [-0.2, 0) is 36.1 Å². The van der Waals surface area contributed by atoms with E-state index in [1.54, 1.807) is 36.3 Å². The number of ether oxygens (including phenoxy) is 1. The highest BCUT2D eigenvalue weighted by atomic mass is 16.5. The standard InChI is InChI=1S/C32H31N5O4/c1-35-19-27(23-8-4-5-22(15-23)16-30(38)37-20-25-6-2-3-7-26(25)21-37)17-28(32(35)40)34-29-10-9-24(18-33-29)31(39)36-11-13-41-14-12-36/h2-10,15,17-19H,11-14,16,20-21H2,1H3,(H,33,34). The number of anilines is 2. The Labute approximate surface area is 238 Å². The third-order valence-electron chi connectivity index (χ3n) is 7.56. The van der Waals surface area contributed by atoms with Gasteiger partial charge in [-0.05, 0) is 40.5 Å². The number of carbonyl (C=O) groups excluding carboxylic acids is 2. The van der Waals surface area contributed by atoms with Crippen molar-refractivity contribution in [1.29, 1.82) is 0 Å². The Balaban J connectivity index is 1.17. The van der Waals surface area contributed by atoms with Gasteiger partial charge >= 0.3 is 0 Å². The molecule has 2 amide bonds. The van der Waals surface area contributed by atoms with Crippen LogP contribution in [0.3, 0.4) is 0 Å². The molecule has 2 aromatic heterocycles. The monoisotopic (exact) mass is 549 g/mol. The summed E-state index contributed by atoms with van der Waals surface area (Å²) >= 11 is 0. The molecule has 0 bridgehead atoms. The smallest absolute Gasteiger partial charge is 0.274 e. The number of hydrogen-bond acceptors (Lipinski definition) is 6. The second-order valence-corrected chi connectivity index (χ2v) is 10.4. The van der Waals surface area contributed by atoms with Crippen LogP contribution in [0.1, 0.15) is 27.0 Å². The zero-order valence-corrected chi connectivity index (χ0v) is 22.9. The van der Waals surface area contributed by atoms with Gasteiger partial charge in [0.2, 0.25) is 5.91 Å². The fraction of sp³-hybridized carbons (Fsp3) is 0.250. The zero-order chi connectivity index (χ0) is 28.3. The van der Waals surface area contributed by atoms with Crippen LogP contribution in [0.2, 0.25) is 0 Å². The summed E-state index contributed by atoms with van der Waals surface area (Å²) in [5, 5.41) is 3.11. The van der Waals surface area contributed by atoms with Crippen molar-refractivity contribution in [3.63, 3.8) is 0 Å². The maximum Gasteiger partial charge on any atom is 0.274 e. The SMILES string of the molecule is Cn1cc(-c2cccc(CC(=O)N3Cc4ccccc4C3)c2)cc(Nc2ccc(C(=O)N3CCOCC3)cn2)c1=O. The van der Waals surface area contributed by atoms with Gasteiger partial charge in [-0.1, -0.05) is 48.5 Å². The van der Waals surface area contributed by atoms with Crippen molar-refractivity contribution in [3.05, 3.63) is 112 Å². The molecule has 1 fully saturated rings. The summed E-state index contributed by atoms with van der Waals surface area (Å²) in [4.78, 5) is 46.8. The number of nitrogens with one attached hydrogen (secondary N) is 1. The highest BCUT2D eigenvalue weighted by Gasteiger charge is 2.23. The van der Waals surface area contributed by atoms with Crippen molar-refractivity contribution < 1.29 is 14.3 Å². The van der Waals surface area contributed by atoms with Gasteiger partial charge in [0.25, 0.3) is 11.5 Å². The molecule has 4 heterocycles. The molecule has 9 heteroatoms. The van der Waals surface area contributed by atoms with E-state index in [4.69, 9.17) is 4.74 Å². The van der Waals surface area contributed by atoms with Gasteiger partial charge in [-0.15, -0.1) is 0 Å².